The molecule has 0 saturated heterocycles. The van der Waals surface area contributed by atoms with Crippen LogP contribution in [0.15, 0.2) is 48.5 Å². The number of carboxylic acids is 1. The van der Waals surface area contributed by atoms with Crippen LogP contribution in [0.25, 0.3) is 0 Å². The highest BCUT2D eigenvalue weighted by atomic mass is 19.1. The van der Waals surface area contributed by atoms with Crippen LogP contribution < -0.4 is 5.32 Å². The predicted octanol–water partition coefficient (Wildman–Crippen LogP) is 2.56. The first-order valence-corrected chi connectivity index (χ1v) is 6.80. The van der Waals surface area contributed by atoms with Gasteiger partial charge in [0.1, 0.15) is 11.9 Å². The van der Waals surface area contributed by atoms with Crippen LogP contribution in [0, 0.1) is 12.7 Å². The summed E-state index contributed by atoms with van der Waals surface area (Å²) in [4.78, 5) is 23.4. The van der Waals surface area contributed by atoms with Gasteiger partial charge in [0.25, 0.3) is 5.91 Å². The summed E-state index contributed by atoms with van der Waals surface area (Å²) in [6.07, 6.45) is 0.0905. The molecule has 2 aromatic carbocycles. The van der Waals surface area contributed by atoms with Crippen molar-refractivity contribution < 1.29 is 19.1 Å². The molecule has 0 aliphatic carbocycles. The van der Waals surface area contributed by atoms with Gasteiger partial charge in [-0.1, -0.05) is 29.8 Å². The molecule has 0 aliphatic heterocycles. The quantitative estimate of drug-likeness (QED) is 0.892. The second-order valence-electron chi connectivity index (χ2n) is 5.06. The molecule has 0 heterocycles. The Morgan fingerprint density at radius 2 is 1.68 bits per heavy atom. The van der Waals surface area contributed by atoms with E-state index in [9.17, 15) is 19.1 Å². The van der Waals surface area contributed by atoms with Gasteiger partial charge in [-0.15, -0.1) is 0 Å². The molecule has 1 unspecified atom stereocenters. The molecule has 0 fully saturated rings. The normalized spacial score (nSPS) is 11.7. The lowest BCUT2D eigenvalue weighted by Crippen LogP contribution is -2.42. The molecular formula is C17H16FNO3. The maximum Gasteiger partial charge on any atom is 0.326 e. The number of halogens is 1. The summed E-state index contributed by atoms with van der Waals surface area (Å²) in [5, 5.41) is 11.7. The monoisotopic (exact) mass is 301 g/mol. The fraction of sp³-hybridized carbons (Fsp3) is 0.176. The summed E-state index contributed by atoms with van der Waals surface area (Å²) in [5.74, 6) is -1.97. The Kier molecular flexibility index (Phi) is 4.88. The van der Waals surface area contributed by atoms with Crippen molar-refractivity contribution in [3.8, 4) is 0 Å². The van der Waals surface area contributed by atoms with Gasteiger partial charge in [0.05, 0.1) is 0 Å². The molecule has 114 valence electrons. The molecule has 0 aliphatic rings. The number of aliphatic carboxylic acids is 1. The number of benzene rings is 2. The zero-order chi connectivity index (χ0) is 16.1. The van der Waals surface area contributed by atoms with Crippen molar-refractivity contribution in [2.75, 3.05) is 0 Å². The minimum Gasteiger partial charge on any atom is -0.480 e. The van der Waals surface area contributed by atoms with E-state index in [-0.39, 0.29) is 12.2 Å². The van der Waals surface area contributed by atoms with Gasteiger partial charge in [-0.05, 0) is 36.8 Å². The van der Waals surface area contributed by atoms with E-state index >= 15 is 0 Å². The van der Waals surface area contributed by atoms with Crippen LogP contribution in [0.5, 0.6) is 0 Å². The van der Waals surface area contributed by atoms with Crippen LogP contribution in [0.2, 0.25) is 0 Å². The number of hydrogen-bond acceptors (Lipinski definition) is 2. The zero-order valence-electron chi connectivity index (χ0n) is 12.0. The number of carbonyl (C=O) groups is 2. The Morgan fingerprint density at radius 3 is 2.23 bits per heavy atom. The van der Waals surface area contributed by atoms with E-state index in [2.05, 4.69) is 5.32 Å². The lowest BCUT2D eigenvalue weighted by atomic mass is 10.1. The lowest BCUT2D eigenvalue weighted by molar-refractivity contribution is -0.139. The summed E-state index contributed by atoms with van der Waals surface area (Å²) in [5.41, 5.74) is 2.05. The Labute approximate surface area is 127 Å². The third-order valence-corrected chi connectivity index (χ3v) is 3.27. The summed E-state index contributed by atoms with van der Waals surface area (Å²) < 4.78 is 12.9. The second-order valence-corrected chi connectivity index (χ2v) is 5.06. The van der Waals surface area contributed by atoms with Crippen LogP contribution in [0.4, 0.5) is 4.39 Å². The van der Waals surface area contributed by atoms with Gasteiger partial charge in [-0.3, -0.25) is 4.79 Å². The Hall–Kier alpha value is -2.69. The summed E-state index contributed by atoms with van der Waals surface area (Å²) in [7, 11) is 0. The van der Waals surface area contributed by atoms with E-state index in [1.54, 1.807) is 24.3 Å². The molecule has 22 heavy (non-hydrogen) atoms. The highest BCUT2D eigenvalue weighted by molar-refractivity contribution is 5.96. The second kappa shape index (κ2) is 6.85. The number of aryl methyl sites for hydroxylation is 1. The number of carbonyl (C=O) groups excluding carboxylic acids is 1. The van der Waals surface area contributed by atoms with Crippen LogP contribution in [0.3, 0.4) is 0 Å². The molecule has 1 amide bonds. The highest BCUT2D eigenvalue weighted by Gasteiger charge is 2.21. The van der Waals surface area contributed by atoms with Gasteiger partial charge in [0.2, 0.25) is 0 Å². The summed E-state index contributed by atoms with van der Waals surface area (Å²) in [6.45, 7) is 1.90. The van der Waals surface area contributed by atoms with E-state index in [1.807, 2.05) is 6.92 Å². The van der Waals surface area contributed by atoms with E-state index in [0.29, 0.717) is 11.1 Å². The molecule has 4 nitrogen and oxygen atoms in total. The molecule has 0 radical (unpaired) electrons. The highest BCUT2D eigenvalue weighted by Crippen LogP contribution is 2.08. The average Bonchev–Trinajstić information content (AvgIpc) is 2.49. The molecular weight excluding hydrogens is 285 g/mol. The van der Waals surface area contributed by atoms with Crippen LogP contribution in [0.1, 0.15) is 21.5 Å². The first kappa shape index (κ1) is 15.7. The van der Waals surface area contributed by atoms with Gasteiger partial charge in [0, 0.05) is 12.0 Å². The Bertz CT molecular complexity index is 665. The number of rotatable bonds is 5. The summed E-state index contributed by atoms with van der Waals surface area (Å²) >= 11 is 0. The molecule has 2 aromatic rings. The van der Waals surface area contributed by atoms with Gasteiger partial charge in [-0.2, -0.15) is 0 Å². The van der Waals surface area contributed by atoms with Gasteiger partial charge in [0.15, 0.2) is 0 Å². The number of carboxylic acid groups (broad SMARTS) is 1. The van der Waals surface area contributed by atoms with Crippen molar-refractivity contribution >= 4 is 11.9 Å². The van der Waals surface area contributed by atoms with E-state index in [1.165, 1.54) is 24.3 Å². The van der Waals surface area contributed by atoms with Crippen molar-refractivity contribution in [2.45, 2.75) is 19.4 Å². The minimum atomic E-state index is -1.13. The molecule has 0 saturated carbocycles. The van der Waals surface area contributed by atoms with Crippen molar-refractivity contribution in [1.29, 1.82) is 0 Å². The molecule has 1 atom stereocenters. The first-order valence-electron chi connectivity index (χ1n) is 6.80. The van der Waals surface area contributed by atoms with Crippen LogP contribution >= 0.6 is 0 Å². The van der Waals surface area contributed by atoms with Gasteiger partial charge < -0.3 is 10.4 Å². The lowest BCUT2D eigenvalue weighted by Gasteiger charge is -2.15. The van der Waals surface area contributed by atoms with E-state index in [4.69, 9.17) is 0 Å². The maximum absolute atomic E-state index is 12.9. The largest absolute Gasteiger partial charge is 0.480 e. The molecule has 0 spiro atoms. The molecule has 5 heteroatoms. The predicted molar refractivity (Wildman–Crippen MR) is 80.2 cm³/mol. The van der Waals surface area contributed by atoms with Crippen LogP contribution in [-0.2, 0) is 11.2 Å². The van der Waals surface area contributed by atoms with Crippen molar-refractivity contribution in [1.82, 2.24) is 5.32 Å². The number of amides is 1. The summed E-state index contributed by atoms with van der Waals surface area (Å²) in [6, 6.07) is 11.3. The van der Waals surface area contributed by atoms with Crippen LogP contribution in [-0.4, -0.2) is 23.0 Å². The first-order chi connectivity index (χ1) is 10.5. The number of nitrogens with one attached hydrogen (secondary N) is 1. The fourth-order valence-electron chi connectivity index (χ4n) is 2.00. The molecule has 0 bridgehead atoms. The third-order valence-electron chi connectivity index (χ3n) is 3.27. The van der Waals surface area contributed by atoms with Crippen molar-refractivity contribution in [2.24, 2.45) is 0 Å². The Morgan fingerprint density at radius 1 is 1.09 bits per heavy atom. The Balaban J connectivity index is 2.08. The standard InChI is InChI=1S/C17H16FNO3/c1-11-2-6-13(7-3-11)16(20)19-15(17(21)22)10-12-4-8-14(18)9-5-12/h2-9,15H,10H2,1H3,(H,19,20)(H,21,22). The molecule has 0 aromatic heterocycles. The van der Waals surface area contributed by atoms with Crippen molar-refractivity contribution in [3.63, 3.8) is 0 Å². The topological polar surface area (TPSA) is 66.4 Å². The average molecular weight is 301 g/mol. The number of hydrogen-bond donors (Lipinski definition) is 2. The molecule has 2 N–H and O–H groups in total. The van der Waals surface area contributed by atoms with Gasteiger partial charge in [-0.25, -0.2) is 9.18 Å². The minimum absolute atomic E-state index is 0.0905. The van der Waals surface area contributed by atoms with Gasteiger partial charge >= 0.3 is 5.97 Å². The third kappa shape index (κ3) is 4.15. The smallest absolute Gasteiger partial charge is 0.326 e. The SMILES string of the molecule is Cc1ccc(C(=O)NC(Cc2ccc(F)cc2)C(=O)O)cc1. The van der Waals surface area contributed by atoms with E-state index in [0.717, 1.165) is 5.56 Å². The zero-order valence-corrected chi connectivity index (χ0v) is 12.0. The maximum atomic E-state index is 12.9. The van der Waals surface area contributed by atoms with E-state index < -0.39 is 17.9 Å². The van der Waals surface area contributed by atoms with Crippen molar-refractivity contribution in [3.05, 3.63) is 71.0 Å². The molecule has 2 rings (SSSR count). The fourth-order valence-corrected chi connectivity index (χ4v) is 2.00.